The van der Waals surface area contributed by atoms with Crippen LogP contribution < -0.4 is 10.5 Å². The Morgan fingerprint density at radius 3 is 2.69 bits per heavy atom. The molecule has 0 amide bonds. The highest BCUT2D eigenvalue weighted by molar-refractivity contribution is 7.19. The van der Waals surface area contributed by atoms with Crippen molar-refractivity contribution in [3.8, 4) is 11.8 Å². The number of hydrogen-bond donors (Lipinski definition) is 1. The van der Waals surface area contributed by atoms with E-state index in [2.05, 4.69) is 11.1 Å². The van der Waals surface area contributed by atoms with E-state index in [9.17, 15) is 5.26 Å². The first-order valence-electron chi connectivity index (χ1n) is 7.84. The summed E-state index contributed by atoms with van der Waals surface area (Å²) in [6.45, 7) is 3.97. The van der Waals surface area contributed by atoms with Gasteiger partial charge in [-0.2, -0.15) is 5.26 Å². The summed E-state index contributed by atoms with van der Waals surface area (Å²) in [5, 5.41) is 11.5. The number of thiophene rings is 1. The first-order valence-corrected chi connectivity index (χ1v) is 9.41. The molecule has 0 saturated carbocycles. The zero-order valence-corrected chi connectivity index (χ0v) is 16.3. The fourth-order valence-electron chi connectivity index (χ4n) is 3.29. The number of aryl methyl sites for hydroxylation is 2. The largest absolute Gasteiger partial charge is 0.439 e. The van der Waals surface area contributed by atoms with Gasteiger partial charge in [-0.1, -0.05) is 29.3 Å². The third-order valence-electron chi connectivity index (χ3n) is 4.39. The SMILES string of the molecule is Cc1cc(C)c2c3c(sc2n1)[C@H](c1ccc(Cl)c(Cl)c1)C(C#N)=C(N)O3. The molecular formula is C19H13Cl2N3OS. The summed E-state index contributed by atoms with van der Waals surface area (Å²) in [7, 11) is 0. The maximum Gasteiger partial charge on any atom is 0.205 e. The lowest BCUT2D eigenvalue weighted by Crippen LogP contribution is -2.19. The van der Waals surface area contributed by atoms with Crippen molar-refractivity contribution in [1.29, 1.82) is 5.26 Å². The lowest BCUT2D eigenvalue weighted by Gasteiger charge is -2.24. The van der Waals surface area contributed by atoms with Crippen LogP contribution in [0.2, 0.25) is 10.0 Å². The summed E-state index contributed by atoms with van der Waals surface area (Å²) in [6.07, 6.45) is 0. The van der Waals surface area contributed by atoms with Gasteiger partial charge in [0.25, 0.3) is 0 Å². The average molecular weight is 402 g/mol. The molecule has 1 aliphatic heterocycles. The summed E-state index contributed by atoms with van der Waals surface area (Å²) in [5.74, 6) is 0.413. The van der Waals surface area contributed by atoms with Crippen molar-refractivity contribution < 1.29 is 4.74 Å². The second-order valence-corrected chi connectivity index (χ2v) is 8.00. The van der Waals surface area contributed by atoms with Crippen LogP contribution in [0.4, 0.5) is 0 Å². The molecule has 0 unspecified atom stereocenters. The Morgan fingerprint density at radius 2 is 2.00 bits per heavy atom. The first kappa shape index (κ1) is 17.2. The topological polar surface area (TPSA) is 71.9 Å². The zero-order valence-electron chi connectivity index (χ0n) is 13.9. The van der Waals surface area contributed by atoms with E-state index in [0.717, 1.165) is 31.9 Å². The first-order chi connectivity index (χ1) is 12.4. The number of nitriles is 1. The molecule has 4 rings (SSSR count). The number of halogens is 2. The summed E-state index contributed by atoms with van der Waals surface area (Å²) < 4.78 is 5.86. The van der Waals surface area contributed by atoms with E-state index in [1.807, 2.05) is 26.0 Å². The number of nitrogens with two attached hydrogens (primary N) is 1. The molecule has 2 N–H and O–H groups in total. The van der Waals surface area contributed by atoms with Gasteiger partial charge in [0.1, 0.15) is 16.5 Å². The fraction of sp³-hybridized carbons (Fsp3) is 0.158. The van der Waals surface area contributed by atoms with Gasteiger partial charge in [-0.05, 0) is 43.2 Å². The number of ether oxygens (including phenoxy) is 1. The van der Waals surface area contributed by atoms with Gasteiger partial charge in [0.2, 0.25) is 5.88 Å². The van der Waals surface area contributed by atoms with Gasteiger partial charge in [-0.3, -0.25) is 0 Å². The van der Waals surface area contributed by atoms with Crippen LogP contribution in [-0.4, -0.2) is 4.98 Å². The van der Waals surface area contributed by atoms with Crippen LogP contribution in [0, 0.1) is 25.2 Å². The van der Waals surface area contributed by atoms with Gasteiger partial charge < -0.3 is 10.5 Å². The molecule has 0 spiro atoms. The Balaban J connectivity index is 2.03. The summed E-state index contributed by atoms with van der Waals surface area (Å²) >= 11 is 13.8. The van der Waals surface area contributed by atoms with Crippen molar-refractivity contribution in [2.45, 2.75) is 19.8 Å². The molecule has 26 heavy (non-hydrogen) atoms. The Kier molecular flexibility index (Phi) is 4.07. The molecular weight excluding hydrogens is 389 g/mol. The maximum absolute atomic E-state index is 9.68. The molecule has 1 aliphatic rings. The molecule has 3 aromatic rings. The van der Waals surface area contributed by atoms with Crippen molar-refractivity contribution in [2.24, 2.45) is 5.73 Å². The number of hydrogen-bond acceptors (Lipinski definition) is 5. The molecule has 130 valence electrons. The highest BCUT2D eigenvalue weighted by Crippen LogP contribution is 2.51. The molecule has 0 saturated heterocycles. The van der Waals surface area contributed by atoms with Crippen LogP contribution >= 0.6 is 34.5 Å². The average Bonchev–Trinajstić information content (AvgIpc) is 2.94. The Hall–Kier alpha value is -2.26. The number of benzene rings is 1. The van der Waals surface area contributed by atoms with Gasteiger partial charge in [-0.15, -0.1) is 11.3 Å². The van der Waals surface area contributed by atoms with E-state index >= 15 is 0 Å². The third kappa shape index (κ3) is 2.53. The highest BCUT2D eigenvalue weighted by atomic mass is 35.5. The van der Waals surface area contributed by atoms with E-state index < -0.39 is 0 Å². The lowest BCUT2D eigenvalue weighted by molar-refractivity contribution is 0.401. The van der Waals surface area contributed by atoms with E-state index in [4.69, 9.17) is 33.7 Å². The number of rotatable bonds is 1. The molecule has 1 atom stereocenters. The molecule has 0 radical (unpaired) electrons. The Bertz CT molecular complexity index is 1140. The van der Waals surface area contributed by atoms with Crippen molar-refractivity contribution in [3.63, 3.8) is 0 Å². The minimum absolute atomic E-state index is 0.107. The number of pyridine rings is 1. The van der Waals surface area contributed by atoms with Crippen LogP contribution in [0.15, 0.2) is 35.7 Å². The van der Waals surface area contributed by atoms with Gasteiger partial charge in [-0.25, -0.2) is 4.98 Å². The predicted octanol–water partition coefficient (Wildman–Crippen LogP) is 5.44. The minimum atomic E-state index is -0.363. The summed E-state index contributed by atoms with van der Waals surface area (Å²) in [5.41, 5.74) is 9.28. The quantitative estimate of drug-likeness (QED) is 0.589. The second kappa shape index (κ2) is 6.17. The fourth-order valence-corrected chi connectivity index (χ4v) is 4.95. The van der Waals surface area contributed by atoms with E-state index in [1.54, 1.807) is 12.1 Å². The summed E-state index contributed by atoms with van der Waals surface area (Å²) in [4.78, 5) is 6.39. The second-order valence-electron chi connectivity index (χ2n) is 6.15. The van der Waals surface area contributed by atoms with Crippen molar-refractivity contribution in [1.82, 2.24) is 4.98 Å². The van der Waals surface area contributed by atoms with Crippen LogP contribution in [-0.2, 0) is 0 Å². The number of nitrogens with zero attached hydrogens (tertiary/aromatic N) is 2. The Labute approximate surface area is 164 Å². The number of aromatic nitrogens is 1. The number of fused-ring (bicyclic) bond motifs is 3. The molecule has 7 heteroatoms. The van der Waals surface area contributed by atoms with E-state index in [0.29, 0.717) is 21.4 Å². The van der Waals surface area contributed by atoms with E-state index in [1.165, 1.54) is 11.3 Å². The van der Waals surface area contributed by atoms with Crippen LogP contribution in [0.3, 0.4) is 0 Å². The standard InChI is InChI=1S/C19H13Cl2N3OS/c1-8-5-9(2)24-19-14(8)16-17(26-19)15(11(7-22)18(23)25-16)10-3-4-12(20)13(21)6-10/h3-6,15H,23H2,1-2H3/t15-/m1/s1. The summed E-state index contributed by atoms with van der Waals surface area (Å²) in [6, 6.07) is 9.54. The third-order valence-corrected chi connectivity index (χ3v) is 6.26. The molecule has 0 bridgehead atoms. The smallest absolute Gasteiger partial charge is 0.205 e. The normalized spacial score (nSPS) is 16.3. The van der Waals surface area contributed by atoms with Crippen molar-refractivity contribution in [3.05, 3.63) is 67.5 Å². The Morgan fingerprint density at radius 1 is 1.23 bits per heavy atom. The molecule has 4 nitrogen and oxygen atoms in total. The van der Waals surface area contributed by atoms with Crippen LogP contribution in [0.25, 0.3) is 10.2 Å². The van der Waals surface area contributed by atoms with E-state index in [-0.39, 0.29) is 11.8 Å². The minimum Gasteiger partial charge on any atom is -0.439 e. The van der Waals surface area contributed by atoms with Crippen molar-refractivity contribution in [2.75, 3.05) is 0 Å². The van der Waals surface area contributed by atoms with Crippen LogP contribution in [0.5, 0.6) is 5.75 Å². The molecule has 0 fully saturated rings. The molecule has 1 aromatic carbocycles. The zero-order chi connectivity index (χ0) is 18.6. The van der Waals surface area contributed by atoms with Gasteiger partial charge in [0.15, 0.2) is 5.75 Å². The number of allylic oxidation sites excluding steroid dienone is 1. The predicted molar refractivity (Wildman–Crippen MR) is 105 cm³/mol. The van der Waals surface area contributed by atoms with Gasteiger partial charge in [0.05, 0.1) is 26.2 Å². The van der Waals surface area contributed by atoms with Gasteiger partial charge in [0, 0.05) is 5.69 Å². The van der Waals surface area contributed by atoms with Crippen molar-refractivity contribution >= 4 is 44.8 Å². The van der Waals surface area contributed by atoms with Gasteiger partial charge >= 0.3 is 0 Å². The van der Waals surface area contributed by atoms with Crippen LogP contribution in [0.1, 0.15) is 27.6 Å². The molecule has 0 aliphatic carbocycles. The highest BCUT2D eigenvalue weighted by Gasteiger charge is 2.35. The monoisotopic (exact) mass is 401 g/mol. The molecule has 2 aromatic heterocycles. The maximum atomic E-state index is 9.68. The molecule has 3 heterocycles. The lowest BCUT2D eigenvalue weighted by atomic mass is 9.88.